The second-order valence-corrected chi connectivity index (χ2v) is 5.97. The molecule has 0 spiro atoms. The average Bonchev–Trinajstić information content (AvgIpc) is 3.20. The highest BCUT2D eigenvalue weighted by Gasteiger charge is 2.14. The van der Waals surface area contributed by atoms with Crippen LogP contribution in [0.25, 0.3) is 11.4 Å². The minimum absolute atomic E-state index is 0.0824. The van der Waals surface area contributed by atoms with Crippen molar-refractivity contribution in [1.82, 2.24) is 24.5 Å². The van der Waals surface area contributed by atoms with Gasteiger partial charge in [0, 0.05) is 25.4 Å². The largest absolute Gasteiger partial charge is 0.305 e. The van der Waals surface area contributed by atoms with Crippen LogP contribution in [0.2, 0.25) is 0 Å². The molecule has 0 unspecified atom stereocenters. The second-order valence-electron chi connectivity index (χ2n) is 5.03. The zero-order valence-electron chi connectivity index (χ0n) is 13.0. The SMILES string of the molecule is CCn1cc(-c2nnc(SCC(=O)c3ccccc3)n2C)cn1. The van der Waals surface area contributed by atoms with E-state index in [1.807, 2.05) is 59.7 Å². The van der Waals surface area contributed by atoms with Crippen molar-refractivity contribution in [3.05, 3.63) is 48.3 Å². The van der Waals surface area contributed by atoms with Crippen LogP contribution >= 0.6 is 11.8 Å². The van der Waals surface area contributed by atoms with Crippen molar-refractivity contribution < 1.29 is 4.79 Å². The molecule has 0 atom stereocenters. The van der Waals surface area contributed by atoms with E-state index in [2.05, 4.69) is 15.3 Å². The monoisotopic (exact) mass is 327 g/mol. The van der Waals surface area contributed by atoms with Gasteiger partial charge in [0.05, 0.1) is 17.5 Å². The van der Waals surface area contributed by atoms with Crippen LogP contribution in [0.1, 0.15) is 17.3 Å². The molecule has 3 rings (SSSR count). The van der Waals surface area contributed by atoms with E-state index in [9.17, 15) is 4.79 Å². The highest BCUT2D eigenvalue weighted by atomic mass is 32.2. The van der Waals surface area contributed by atoms with Crippen LogP contribution < -0.4 is 0 Å². The first-order chi connectivity index (χ1) is 11.2. The van der Waals surface area contributed by atoms with E-state index in [4.69, 9.17) is 0 Å². The van der Waals surface area contributed by atoms with Gasteiger partial charge in [-0.25, -0.2) is 0 Å². The Morgan fingerprint density at radius 2 is 2.00 bits per heavy atom. The molecule has 1 aromatic carbocycles. The Bertz CT molecular complexity index is 809. The highest BCUT2D eigenvalue weighted by molar-refractivity contribution is 7.99. The molecular weight excluding hydrogens is 310 g/mol. The lowest BCUT2D eigenvalue weighted by molar-refractivity contribution is 0.102. The Morgan fingerprint density at radius 3 is 2.70 bits per heavy atom. The van der Waals surface area contributed by atoms with Gasteiger partial charge in [-0.3, -0.25) is 9.48 Å². The van der Waals surface area contributed by atoms with Gasteiger partial charge in [-0.1, -0.05) is 42.1 Å². The maximum absolute atomic E-state index is 12.2. The lowest BCUT2D eigenvalue weighted by Crippen LogP contribution is -2.03. The number of nitrogens with zero attached hydrogens (tertiary/aromatic N) is 5. The van der Waals surface area contributed by atoms with E-state index < -0.39 is 0 Å². The van der Waals surface area contributed by atoms with Gasteiger partial charge < -0.3 is 4.57 Å². The summed E-state index contributed by atoms with van der Waals surface area (Å²) in [5, 5.41) is 13.4. The summed E-state index contributed by atoms with van der Waals surface area (Å²) in [4.78, 5) is 12.2. The third-order valence-corrected chi connectivity index (χ3v) is 4.50. The summed E-state index contributed by atoms with van der Waals surface area (Å²) in [6, 6.07) is 9.27. The van der Waals surface area contributed by atoms with E-state index in [-0.39, 0.29) is 5.78 Å². The zero-order valence-corrected chi connectivity index (χ0v) is 13.8. The first kappa shape index (κ1) is 15.5. The highest BCUT2D eigenvalue weighted by Crippen LogP contribution is 2.22. The summed E-state index contributed by atoms with van der Waals surface area (Å²) in [6.07, 6.45) is 3.71. The van der Waals surface area contributed by atoms with Crippen LogP contribution in [0.3, 0.4) is 0 Å². The van der Waals surface area contributed by atoms with Gasteiger partial charge in [0.1, 0.15) is 0 Å². The number of aromatic nitrogens is 5. The number of hydrogen-bond acceptors (Lipinski definition) is 5. The Hall–Kier alpha value is -2.41. The third-order valence-electron chi connectivity index (χ3n) is 3.48. The van der Waals surface area contributed by atoms with Crippen molar-refractivity contribution >= 4 is 17.5 Å². The van der Waals surface area contributed by atoms with Crippen LogP contribution in [-0.4, -0.2) is 36.1 Å². The minimum atomic E-state index is 0.0824. The fourth-order valence-corrected chi connectivity index (χ4v) is 2.99. The fourth-order valence-electron chi connectivity index (χ4n) is 2.18. The molecule has 0 aliphatic heterocycles. The van der Waals surface area contributed by atoms with Gasteiger partial charge >= 0.3 is 0 Å². The summed E-state index contributed by atoms with van der Waals surface area (Å²) in [6.45, 7) is 2.84. The molecule has 0 radical (unpaired) electrons. The summed E-state index contributed by atoms with van der Waals surface area (Å²) in [5.74, 6) is 1.17. The van der Waals surface area contributed by atoms with E-state index >= 15 is 0 Å². The summed E-state index contributed by atoms with van der Waals surface area (Å²) >= 11 is 1.39. The molecule has 0 N–H and O–H groups in total. The van der Waals surface area contributed by atoms with E-state index in [1.165, 1.54) is 11.8 Å². The Labute approximate surface area is 138 Å². The molecule has 7 heteroatoms. The second kappa shape index (κ2) is 6.78. The van der Waals surface area contributed by atoms with Crippen molar-refractivity contribution in [2.75, 3.05) is 5.75 Å². The number of thioether (sulfide) groups is 1. The molecule has 0 aliphatic carbocycles. The number of ketones is 1. The maximum atomic E-state index is 12.2. The molecule has 0 bridgehead atoms. The maximum Gasteiger partial charge on any atom is 0.191 e. The molecule has 118 valence electrons. The van der Waals surface area contributed by atoms with Crippen molar-refractivity contribution in [2.24, 2.45) is 7.05 Å². The Morgan fingerprint density at radius 1 is 1.22 bits per heavy atom. The smallest absolute Gasteiger partial charge is 0.191 e. The van der Waals surface area contributed by atoms with Gasteiger partial charge in [-0.2, -0.15) is 5.10 Å². The third kappa shape index (κ3) is 3.34. The van der Waals surface area contributed by atoms with Crippen LogP contribution in [0.5, 0.6) is 0 Å². The molecule has 0 fully saturated rings. The topological polar surface area (TPSA) is 65.6 Å². The predicted molar refractivity (Wildman–Crippen MR) is 89.4 cm³/mol. The Balaban J connectivity index is 1.71. The normalized spacial score (nSPS) is 10.9. The van der Waals surface area contributed by atoms with Gasteiger partial charge in [0.2, 0.25) is 0 Å². The molecule has 23 heavy (non-hydrogen) atoms. The fraction of sp³-hybridized carbons (Fsp3) is 0.250. The van der Waals surface area contributed by atoms with Gasteiger partial charge in [0.25, 0.3) is 0 Å². The first-order valence-electron chi connectivity index (χ1n) is 7.32. The quantitative estimate of drug-likeness (QED) is 0.514. The van der Waals surface area contributed by atoms with Crippen LogP contribution in [0, 0.1) is 0 Å². The lowest BCUT2D eigenvalue weighted by Gasteiger charge is -2.02. The molecule has 2 heterocycles. The number of hydrogen-bond donors (Lipinski definition) is 0. The van der Waals surface area contributed by atoms with Gasteiger partial charge in [-0.05, 0) is 6.92 Å². The Kier molecular flexibility index (Phi) is 4.57. The number of Topliss-reactive ketones (excluding diaryl/α,β-unsaturated/α-hetero) is 1. The van der Waals surface area contributed by atoms with E-state index in [1.54, 1.807) is 6.20 Å². The average molecular weight is 327 g/mol. The number of carbonyl (C=O) groups is 1. The number of aryl methyl sites for hydroxylation is 1. The molecule has 0 saturated heterocycles. The molecule has 0 saturated carbocycles. The summed E-state index contributed by atoms with van der Waals surface area (Å²) in [7, 11) is 1.90. The predicted octanol–water partition coefficient (Wildman–Crippen LogP) is 2.67. The number of benzene rings is 1. The van der Waals surface area contributed by atoms with Gasteiger partial charge in [0.15, 0.2) is 16.8 Å². The van der Waals surface area contributed by atoms with Crippen molar-refractivity contribution in [2.45, 2.75) is 18.6 Å². The minimum Gasteiger partial charge on any atom is -0.305 e. The summed E-state index contributed by atoms with van der Waals surface area (Å²) in [5.41, 5.74) is 1.63. The van der Waals surface area contributed by atoms with Crippen LogP contribution in [0.4, 0.5) is 0 Å². The van der Waals surface area contributed by atoms with E-state index in [0.717, 1.165) is 17.9 Å². The molecule has 2 aromatic heterocycles. The molecule has 0 aliphatic rings. The van der Waals surface area contributed by atoms with Crippen LogP contribution in [-0.2, 0) is 13.6 Å². The van der Waals surface area contributed by atoms with Crippen molar-refractivity contribution in [3.8, 4) is 11.4 Å². The van der Waals surface area contributed by atoms with Crippen molar-refractivity contribution in [1.29, 1.82) is 0 Å². The number of carbonyl (C=O) groups excluding carboxylic acids is 1. The van der Waals surface area contributed by atoms with Crippen molar-refractivity contribution in [3.63, 3.8) is 0 Å². The molecule has 0 amide bonds. The zero-order chi connectivity index (χ0) is 16.2. The molecule has 3 aromatic rings. The molecule has 6 nitrogen and oxygen atoms in total. The van der Waals surface area contributed by atoms with Crippen LogP contribution in [0.15, 0.2) is 47.9 Å². The lowest BCUT2D eigenvalue weighted by atomic mass is 10.2. The standard InChI is InChI=1S/C16H17N5OS/c1-3-21-10-13(9-17-21)15-18-19-16(20(15)2)23-11-14(22)12-7-5-4-6-8-12/h4-10H,3,11H2,1-2H3. The summed E-state index contributed by atoms with van der Waals surface area (Å²) < 4.78 is 3.73. The number of rotatable bonds is 6. The van der Waals surface area contributed by atoms with Gasteiger partial charge in [-0.15, -0.1) is 10.2 Å². The van der Waals surface area contributed by atoms with E-state index in [0.29, 0.717) is 16.5 Å². The first-order valence-corrected chi connectivity index (χ1v) is 8.31. The molecular formula is C16H17N5OS.